The van der Waals surface area contributed by atoms with E-state index in [9.17, 15) is 13.2 Å². The van der Waals surface area contributed by atoms with Crippen LogP contribution >= 0.6 is 0 Å². The molecule has 0 unspecified atom stereocenters. The predicted molar refractivity (Wildman–Crippen MR) is 77.9 cm³/mol. The third kappa shape index (κ3) is 3.94. The molecule has 0 radical (unpaired) electrons. The van der Waals surface area contributed by atoms with E-state index in [1.54, 1.807) is 11.9 Å². The van der Waals surface area contributed by atoms with Crippen LogP contribution < -0.4 is 10.5 Å². The molecule has 8 nitrogen and oxygen atoms in total. The Morgan fingerprint density at radius 3 is 2.62 bits per heavy atom. The fourth-order valence-electron chi connectivity index (χ4n) is 2.36. The van der Waals surface area contributed by atoms with Crippen LogP contribution in [0.25, 0.3) is 0 Å². The Kier molecular flexibility index (Phi) is 4.84. The molecule has 0 atom stereocenters. The number of sulfonamides is 1. The molecule has 118 valence electrons. The lowest BCUT2D eigenvalue weighted by molar-refractivity contribution is -0.131. The summed E-state index contributed by atoms with van der Waals surface area (Å²) in [6.45, 7) is 1.59. The van der Waals surface area contributed by atoms with Gasteiger partial charge in [-0.15, -0.1) is 0 Å². The zero-order chi connectivity index (χ0) is 15.5. The summed E-state index contributed by atoms with van der Waals surface area (Å²) in [5.74, 6) is -0.0658. The van der Waals surface area contributed by atoms with Crippen molar-refractivity contribution in [2.45, 2.75) is 30.6 Å². The summed E-state index contributed by atoms with van der Waals surface area (Å²) >= 11 is 0. The van der Waals surface area contributed by atoms with Crippen LogP contribution in [0, 0.1) is 0 Å². The standard InChI is InChI=1S/C12H21N5O3S/c1-16-9-10(12(13)15-16)21(19,20)14-6-5-11(18)17-7-3-2-4-8-17/h9,14H,2-8H2,1H3,(H2,13,15). The SMILES string of the molecule is Cn1cc(S(=O)(=O)NCCC(=O)N2CCCCC2)c(N)n1. The number of likely N-dealkylation sites (tertiary alicyclic amines) is 1. The fraction of sp³-hybridized carbons (Fsp3) is 0.667. The van der Waals surface area contributed by atoms with Crippen LogP contribution in [0.4, 0.5) is 5.82 Å². The maximum absolute atomic E-state index is 12.1. The molecule has 21 heavy (non-hydrogen) atoms. The van der Waals surface area contributed by atoms with Gasteiger partial charge in [0, 0.05) is 39.3 Å². The van der Waals surface area contributed by atoms with Gasteiger partial charge in [0.25, 0.3) is 0 Å². The summed E-state index contributed by atoms with van der Waals surface area (Å²) in [5.41, 5.74) is 5.55. The molecule has 3 N–H and O–H groups in total. The van der Waals surface area contributed by atoms with E-state index in [-0.39, 0.29) is 29.6 Å². The number of carbonyl (C=O) groups excluding carboxylic acids is 1. The largest absolute Gasteiger partial charge is 0.381 e. The average molecular weight is 315 g/mol. The summed E-state index contributed by atoms with van der Waals surface area (Å²) in [6.07, 6.45) is 4.67. The molecule has 0 saturated carbocycles. The molecule has 1 aromatic rings. The van der Waals surface area contributed by atoms with Gasteiger partial charge in [-0.3, -0.25) is 9.48 Å². The quantitative estimate of drug-likeness (QED) is 0.774. The topological polar surface area (TPSA) is 110 Å². The van der Waals surface area contributed by atoms with Gasteiger partial charge in [-0.1, -0.05) is 0 Å². The van der Waals surface area contributed by atoms with Gasteiger partial charge in [0.05, 0.1) is 0 Å². The summed E-state index contributed by atoms with van der Waals surface area (Å²) in [6, 6.07) is 0. The van der Waals surface area contributed by atoms with E-state index in [4.69, 9.17) is 5.73 Å². The molecule has 2 heterocycles. The second-order valence-corrected chi connectivity index (χ2v) is 6.88. The van der Waals surface area contributed by atoms with E-state index < -0.39 is 10.0 Å². The Morgan fingerprint density at radius 1 is 1.38 bits per heavy atom. The highest BCUT2D eigenvalue weighted by Gasteiger charge is 2.21. The van der Waals surface area contributed by atoms with Crippen molar-refractivity contribution >= 4 is 21.7 Å². The summed E-state index contributed by atoms with van der Waals surface area (Å²) in [5, 5.41) is 3.79. The molecule has 1 aliphatic heterocycles. The smallest absolute Gasteiger partial charge is 0.245 e. The van der Waals surface area contributed by atoms with Crippen molar-refractivity contribution in [2.24, 2.45) is 7.05 Å². The molecule has 9 heteroatoms. The minimum Gasteiger partial charge on any atom is -0.381 e. The monoisotopic (exact) mass is 315 g/mol. The zero-order valence-corrected chi connectivity index (χ0v) is 12.9. The van der Waals surface area contributed by atoms with Gasteiger partial charge in [-0.05, 0) is 19.3 Å². The number of carbonyl (C=O) groups is 1. The molecule has 1 fully saturated rings. The number of aromatic nitrogens is 2. The minimum atomic E-state index is -3.73. The molecule has 0 bridgehead atoms. The predicted octanol–water partition coefficient (Wildman–Crippen LogP) is -0.317. The Balaban J connectivity index is 1.87. The number of nitrogens with one attached hydrogen (secondary N) is 1. The molecule has 0 aliphatic carbocycles. The van der Waals surface area contributed by atoms with Crippen LogP contribution in [0.5, 0.6) is 0 Å². The van der Waals surface area contributed by atoms with Gasteiger partial charge in [-0.25, -0.2) is 13.1 Å². The van der Waals surface area contributed by atoms with E-state index in [0.717, 1.165) is 32.4 Å². The molecular formula is C12H21N5O3S. The summed E-state index contributed by atoms with van der Waals surface area (Å²) in [7, 11) is -2.13. The van der Waals surface area contributed by atoms with E-state index >= 15 is 0 Å². The summed E-state index contributed by atoms with van der Waals surface area (Å²) < 4.78 is 27.8. The molecule has 0 spiro atoms. The molecule has 1 aliphatic rings. The second-order valence-electron chi connectivity index (χ2n) is 5.14. The number of nitrogens with zero attached hydrogens (tertiary/aromatic N) is 3. The fourth-order valence-corrected chi connectivity index (χ4v) is 3.50. The van der Waals surface area contributed by atoms with Gasteiger partial charge in [0.15, 0.2) is 5.82 Å². The molecule has 1 saturated heterocycles. The number of anilines is 1. The molecule has 2 rings (SSSR count). The van der Waals surface area contributed by atoms with Crippen molar-refractivity contribution in [3.05, 3.63) is 6.20 Å². The molecule has 0 aromatic carbocycles. The third-order valence-electron chi connectivity index (χ3n) is 3.45. The first-order valence-electron chi connectivity index (χ1n) is 6.97. The van der Waals surface area contributed by atoms with Crippen molar-refractivity contribution in [1.29, 1.82) is 0 Å². The van der Waals surface area contributed by atoms with Crippen LogP contribution in [0.1, 0.15) is 25.7 Å². The maximum atomic E-state index is 12.1. The average Bonchev–Trinajstić information content (AvgIpc) is 2.79. The van der Waals surface area contributed by atoms with Gasteiger partial charge >= 0.3 is 0 Å². The van der Waals surface area contributed by atoms with Crippen molar-refractivity contribution in [3.8, 4) is 0 Å². The number of amides is 1. The first-order chi connectivity index (χ1) is 9.90. The second kappa shape index (κ2) is 6.44. The minimum absolute atomic E-state index is 0.0171. The maximum Gasteiger partial charge on any atom is 0.245 e. The molecule has 1 aromatic heterocycles. The lowest BCUT2D eigenvalue weighted by Gasteiger charge is -2.26. The van der Waals surface area contributed by atoms with Gasteiger partial charge < -0.3 is 10.6 Å². The third-order valence-corrected chi connectivity index (χ3v) is 4.93. The van der Waals surface area contributed by atoms with Gasteiger partial charge in [0.2, 0.25) is 15.9 Å². The Labute approximate surface area is 124 Å². The lowest BCUT2D eigenvalue weighted by Crippen LogP contribution is -2.37. The normalized spacial score (nSPS) is 16.1. The van der Waals surface area contributed by atoms with Crippen molar-refractivity contribution in [1.82, 2.24) is 19.4 Å². The number of aryl methyl sites for hydroxylation is 1. The Hall–Kier alpha value is -1.61. The number of nitrogens with two attached hydrogens (primary N) is 1. The van der Waals surface area contributed by atoms with Gasteiger partial charge in [-0.2, -0.15) is 5.10 Å². The van der Waals surface area contributed by atoms with E-state index in [0.29, 0.717) is 0 Å². The zero-order valence-electron chi connectivity index (χ0n) is 12.1. The number of piperidine rings is 1. The lowest BCUT2D eigenvalue weighted by atomic mass is 10.1. The number of rotatable bonds is 5. The van der Waals surface area contributed by atoms with Crippen LogP contribution in [-0.4, -0.2) is 48.6 Å². The first-order valence-corrected chi connectivity index (χ1v) is 8.45. The van der Waals surface area contributed by atoms with Crippen molar-refractivity contribution < 1.29 is 13.2 Å². The molecule has 1 amide bonds. The van der Waals surface area contributed by atoms with Crippen molar-refractivity contribution in [3.63, 3.8) is 0 Å². The highest BCUT2D eigenvalue weighted by Crippen LogP contribution is 2.15. The summed E-state index contributed by atoms with van der Waals surface area (Å²) in [4.78, 5) is 13.7. The number of nitrogen functional groups attached to an aromatic ring is 1. The number of hydrogen-bond donors (Lipinski definition) is 2. The highest BCUT2D eigenvalue weighted by atomic mass is 32.2. The first kappa shape index (κ1) is 15.8. The van der Waals surface area contributed by atoms with E-state index in [1.807, 2.05) is 0 Å². The van der Waals surface area contributed by atoms with Crippen molar-refractivity contribution in [2.75, 3.05) is 25.4 Å². The van der Waals surface area contributed by atoms with E-state index in [2.05, 4.69) is 9.82 Å². The Bertz CT molecular complexity index is 604. The van der Waals surface area contributed by atoms with Crippen LogP contribution in [0.15, 0.2) is 11.1 Å². The van der Waals surface area contributed by atoms with Crippen LogP contribution in [0.3, 0.4) is 0 Å². The highest BCUT2D eigenvalue weighted by molar-refractivity contribution is 7.89. The molecular weight excluding hydrogens is 294 g/mol. The Morgan fingerprint density at radius 2 is 2.05 bits per heavy atom. The van der Waals surface area contributed by atoms with Gasteiger partial charge in [0.1, 0.15) is 4.90 Å². The van der Waals surface area contributed by atoms with Crippen LogP contribution in [0.2, 0.25) is 0 Å². The van der Waals surface area contributed by atoms with E-state index in [1.165, 1.54) is 10.9 Å². The number of hydrogen-bond acceptors (Lipinski definition) is 5. The van der Waals surface area contributed by atoms with Crippen LogP contribution in [-0.2, 0) is 21.9 Å².